The number of carboxylic acid groups (broad SMARTS) is 1. The molecule has 0 bridgehead atoms. The first-order chi connectivity index (χ1) is 7.65. The van der Waals surface area contributed by atoms with Crippen LogP contribution in [0.5, 0.6) is 0 Å². The molecule has 16 heavy (non-hydrogen) atoms. The average Bonchev–Trinajstić information content (AvgIpc) is 2.99. The van der Waals surface area contributed by atoms with Gasteiger partial charge < -0.3 is 5.11 Å². The molecule has 2 unspecified atom stereocenters. The van der Waals surface area contributed by atoms with Crippen molar-refractivity contribution in [3.05, 3.63) is 0 Å². The number of hydrogen-bond acceptors (Lipinski definition) is 2. The van der Waals surface area contributed by atoms with Crippen molar-refractivity contribution in [3.8, 4) is 0 Å². The highest BCUT2D eigenvalue weighted by Gasteiger charge is 2.32. The second-order valence-electron chi connectivity index (χ2n) is 5.69. The van der Waals surface area contributed by atoms with E-state index in [4.69, 9.17) is 5.11 Å². The lowest BCUT2D eigenvalue weighted by Gasteiger charge is -2.31. The molecule has 0 radical (unpaired) electrons. The average molecular weight is 225 g/mol. The van der Waals surface area contributed by atoms with Crippen LogP contribution in [0, 0.1) is 11.8 Å². The summed E-state index contributed by atoms with van der Waals surface area (Å²) in [6.07, 6.45) is 7.69. The third kappa shape index (κ3) is 3.48. The first-order valence-corrected chi connectivity index (χ1v) is 6.61. The number of carbonyl (C=O) groups is 1. The summed E-state index contributed by atoms with van der Waals surface area (Å²) in [6.45, 7) is 3.58. The number of rotatable bonds is 5. The minimum Gasteiger partial charge on any atom is -0.480 e. The van der Waals surface area contributed by atoms with Gasteiger partial charge in [0, 0.05) is 12.6 Å². The van der Waals surface area contributed by atoms with Gasteiger partial charge in [0.05, 0.1) is 6.54 Å². The summed E-state index contributed by atoms with van der Waals surface area (Å²) < 4.78 is 0. The monoisotopic (exact) mass is 225 g/mol. The van der Waals surface area contributed by atoms with Crippen LogP contribution in [-0.4, -0.2) is 35.1 Å². The molecule has 2 rings (SSSR count). The van der Waals surface area contributed by atoms with E-state index in [1.165, 1.54) is 38.5 Å². The molecule has 2 aliphatic carbocycles. The van der Waals surface area contributed by atoms with Crippen LogP contribution in [0.15, 0.2) is 0 Å². The minimum atomic E-state index is -0.671. The fraction of sp³-hybridized carbons (Fsp3) is 0.923. The Morgan fingerprint density at radius 3 is 2.62 bits per heavy atom. The van der Waals surface area contributed by atoms with Crippen LogP contribution in [0.4, 0.5) is 0 Å². The van der Waals surface area contributed by atoms with Crippen LogP contribution >= 0.6 is 0 Å². The molecule has 0 aromatic heterocycles. The lowest BCUT2D eigenvalue weighted by Crippen LogP contribution is -2.37. The quantitative estimate of drug-likeness (QED) is 0.781. The molecule has 2 aliphatic rings. The van der Waals surface area contributed by atoms with E-state index in [1.54, 1.807) is 0 Å². The lowest BCUT2D eigenvalue weighted by molar-refractivity contribution is -0.138. The van der Waals surface area contributed by atoms with Crippen LogP contribution in [0.2, 0.25) is 0 Å². The Hall–Kier alpha value is -0.570. The van der Waals surface area contributed by atoms with Crippen molar-refractivity contribution in [2.24, 2.45) is 11.8 Å². The molecule has 0 aromatic carbocycles. The third-order valence-corrected chi connectivity index (χ3v) is 3.94. The molecule has 0 aliphatic heterocycles. The number of carboxylic acids is 1. The summed E-state index contributed by atoms with van der Waals surface area (Å²) >= 11 is 0. The van der Waals surface area contributed by atoms with Gasteiger partial charge in [-0.3, -0.25) is 9.69 Å². The molecule has 0 aromatic rings. The summed E-state index contributed by atoms with van der Waals surface area (Å²) in [5.74, 6) is 0.907. The van der Waals surface area contributed by atoms with Crippen molar-refractivity contribution in [3.63, 3.8) is 0 Å². The van der Waals surface area contributed by atoms with Crippen LogP contribution in [-0.2, 0) is 4.79 Å². The molecule has 3 nitrogen and oxygen atoms in total. The van der Waals surface area contributed by atoms with E-state index in [0.29, 0.717) is 6.04 Å². The van der Waals surface area contributed by atoms with Gasteiger partial charge in [0.15, 0.2) is 0 Å². The normalized spacial score (nSPS) is 30.6. The maximum atomic E-state index is 10.8. The maximum absolute atomic E-state index is 10.8. The van der Waals surface area contributed by atoms with E-state index in [1.807, 2.05) is 0 Å². The summed E-state index contributed by atoms with van der Waals surface area (Å²) in [6, 6.07) is 0.577. The van der Waals surface area contributed by atoms with Crippen molar-refractivity contribution in [1.82, 2.24) is 4.90 Å². The van der Waals surface area contributed by atoms with Gasteiger partial charge in [-0.25, -0.2) is 0 Å². The van der Waals surface area contributed by atoms with Gasteiger partial charge in [0.25, 0.3) is 0 Å². The Bertz CT molecular complexity index is 250. The van der Waals surface area contributed by atoms with Gasteiger partial charge in [-0.05, 0) is 37.5 Å². The molecule has 1 N–H and O–H groups in total. The molecular weight excluding hydrogens is 202 g/mol. The SMILES string of the molecule is CC1CCCC(CN(CC(=O)O)C2CC2)C1. The van der Waals surface area contributed by atoms with Gasteiger partial charge in [-0.15, -0.1) is 0 Å². The zero-order valence-electron chi connectivity index (χ0n) is 10.2. The summed E-state index contributed by atoms with van der Waals surface area (Å²) in [7, 11) is 0. The molecule has 2 fully saturated rings. The molecule has 0 heterocycles. The van der Waals surface area contributed by atoms with E-state index < -0.39 is 5.97 Å². The number of hydrogen-bond donors (Lipinski definition) is 1. The molecule has 0 spiro atoms. The van der Waals surface area contributed by atoms with Crippen LogP contribution in [0.1, 0.15) is 45.4 Å². The van der Waals surface area contributed by atoms with E-state index in [0.717, 1.165) is 18.4 Å². The Morgan fingerprint density at radius 2 is 2.06 bits per heavy atom. The third-order valence-electron chi connectivity index (χ3n) is 3.94. The van der Waals surface area contributed by atoms with E-state index in [2.05, 4.69) is 11.8 Å². The van der Waals surface area contributed by atoms with Gasteiger partial charge in [0.1, 0.15) is 0 Å². The number of nitrogens with zero attached hydrogens (tertiary/aromatic N) is 1. The standard InChI is InChI=1S/C13H23NO2/c1-10-3-2-4-11(7-10)8-14(9-13(15)16)12-5-6-12/h10-12H,2-9H2,1H3,(H,15,16). The van der Waals surface area contributed by atoms with E-state index in [-0.39, 0.29) is 6.54 Å². The highest BCUT2D eigenvalue weighted by atomic mass is 16.4. The van der Waals surface area contributed by atoms with Crippen molar-refractivity contribution in [1.29, 1.82) is 0 Å². The summed E-state index contributed by atoms with van der Waals surface area (Å²) in [4.78, 5) is 13.0. The Kier molecular flexibility index (Phi) is 3.85. The topological polar surface area (TPSA) is 40.5 Å². The Morgan fingerprint density at radius 1 is 1.31 bits per heavy atom. The van der Waals surface area contributed by atoms with Crippen molar-refractivity contribution in [2.75, 3.05) is 13.1 Å². The second kappa shape index (κ2) is 5.17. The van der Waals surface area contributed by atoms with Gasteiger partial charge in [0.2, 0.25) is 0 Å². The Balaban J connectivity index is 1.82. The van der Waals surface area contributed by atoms with Gasteiger partial charge in [-0.1, -0.05) is 19.8 Å². The van der Waals surface area contributed by atoms with E-state index >= 15 is 0 Å². The first kappa shape index (κ1) is 11.9. The van der Waals surface area contributed by atoms with Crippen molar-refractivity contribution >= 4 is 5.97 Å². The van der Waals surface area contributed by atoms with Crippen molar-refractivity contribution < 1.29 is 9.90 Å². The lowest BCUT2D eigenvalue weighted by atomic mass is 9.82. The Labute approximate surface area is 97.8 Å². The zero-order chi connectivity index (χ0) is 11.5. The van der Waals surface area contributed by atoms with Gasteiger partial charge in [-0.2, -0.15) is 0 Å². The molecule has 0 saturated heterocycles. The van der Waals surface area contributed by atoms with Crippen LogP contribution < -0.4 is 0 Å². The second-order valence-corrected chi connectivity index (χ2v) is 5.69. The number of aliphatic carboxylic acids is 1. The molecule has 92 valence electrons. The van der Waals surface area contributed by atoms with E-state index in [9.17, 15) is 4.79 Å². The molecular formula is C13H23NO2. The zero-order valence-corrected chi connectivity index (χ0v) is 10.2. The largest absolute Gasteiger partial charge is 0.480 e. The fourth-order valence-electron chi connectivity index (χ4n) is 3.01. The van der Waals surface area contributed by atoms with Crippen LogP contribution in [0.25, 0.3) is 0 Å². The minimum absolute atomic E-state index is 0.246. The van der Waals surface area contributed by atoms with Crippen molar-refractivity contribution in [2.45, 2.75) is 51.5 Å². The molecule has 0 amide bonds. The molecule has 3 heteroatoms. The predicted octanol–water partition coefficient (Wildman–Crippen LogP) is 2.36. The molecule has 2 saturated carbocycles. The predicted molar refractivity (Wildman–Crippen MR) is 63.4 cm³/mol. The summed E-state index contributed by atoms with van der Waals surface area (Å²) in [5, 5.41) is 8.90. The fourth-order valence-corrected chi connectivity index (χ4v) is 3.01. The van der Waals surface area contributed by atoms with Gasteiger partial charge >= 0.3 is 5.97 Å². The maximum Gasteiger partial charge on any atom is 0.317 e. The first-order valence-electron chi connectivity index (χ1n) is 6.61. The molecule has 2 atom stereocenters. The highest BCUT2D eigenvalue weighted by Crippen LogP contribution is 2.33. The summed E-state index contributed by atoms with van der Waals surface area (Å²) in [5.41, 5.74) is 0. The van der Waals surface area contributed by atoms with Crippen LogP contribution in [0.3, 0.4) is 0 Å². The smallest absolute Gasteiger partial charge is 0.317 e. The highest BCUT2D eigenvalue weighted by molar-refractivity contribution is 5.69.